The summed E-state index contributed by atoms with van der Waals surface area (Å²) in [6, 6.07) is 16.9. The van der Waals surface area contributed by atoms with Crippen molar-refractivity contribution >= 4 is 22.4 Å². The summed E-state index contributed by atoms with van der Waals surface area (Å²) in [6.07, 6.45) is 0.310. The average Bonchev–Trinajstić information content (AvgIpc) is 3.17. The molecular weight excluding hydrogens is 358 g/mol. The van der Waals surface area contributed by atoms with E-state index in [0.717, 1.165) is 17.7 Å². The second-order valence-electron chi connectivity index (χ2n) is 5.97. The Morgan fingerprint density at radius 2 is 1.93 bits per heavy atom. The number of nitriles is 1. The van der Waals surface area contributed by atoms with Gasteiger partial charge in [-0.2, -0.15) is 5.26 Å². The number of carbonyl (C=O) groups is 1. The van der Waals surface area contributed by atoms with E-state index in [2.05, 4.69) is 29.4 Å². The number of rotatable bonds is 6. The number of anilines is 1. The molecule has 0 aliphatic heterocycles. The topological polar surface area (TPSA) is 75.0 Å². The van der Waals surface area contributed by atoms with Crippen LogP contribution in [0.4, 0.5) is 5.13 Å². The van der Waals surface area contributed by atoms with Crippen molar-refractivity contribution in [3.8, 4) is 23.1 Å². The van der Waals surface area contributed by atoms with Gasteiger partial charge in [-0.15, -0.1) is 11.3 Å². The van der Waals surface area contributed by atoms with E-state index in [0.29, 0.717) is 16.4 Å². The Kier molecular flexibility index (Phi) is 5.84. The lowest BCUT2D eigenvalue weighted by molar-refractivity contribution is -0.122. The summed E-state index contributed by atoms with van der Waals surface area (Å²) >= 11 is 1.38. The van der Waals surface area contributed by atoms with E-state index >= 15 is 0 Å². The van der Waals surface area contributed by atoms with Crippen LogP contribution in [0.5, 0.6) is 5.75 Å². The highest BCUT2D eigenvalue weighted by Gasteiger charge is 2.16. The van der Waals surface area contributed by atoms with Gasteiger partial charge in [-0.05, 0) is 43.2 Å². The molecule has 0 spiro atoms. The first-order valence-corrected chi connectivity index (χ1v) is 9.49. The van der Waals surface area contributed by atoms with Gasteiger partial charge in [0.1, 0.15) is 5.75 Å². The summed E-state index contributed by atoms with van der Waals surface area (Å²) in [5.74, 6) is 0.258. The van der Waals surface area contributed by atoms with Crippen molar-refractivity contribution < 1.29 is 9.53 Å². The molecular formula is C21H19N3O2S. The molecule has 0 bridgehead atoms. The van der Waals surface area contributed by atoms with Crippen molar-refractivity contribution in [3.05, 3.63) is 65.0 Å². The van der Waals surface area contributed by atoms with Crippen LogP contribution in [0.1, 0.15) is 25.0 Å². The van der Waals surface area contributed by atoms with Crippen LogP contribution in [-0.4, -0.2) is 17.0 Å². The molecule has 27 heavy (non-hydrogen) atoms. The molecule has 0 saturated heterocycles. The summed E-state index contributed by atoms with van der Waals surface area (Å²) in [4.78, 5) is 16.8. The number of benzene rings is 2. The fourth-order valence-corrected chi connectivity index (χ4v) is 3.17. The highest BCUT2D eigenvalue weighted by molar-refractivity contribution is 7.14. The molecule has 1 amide bonds. The van der Waals surface area contributed by atoms with Crippen LogP contribution in [0, 0.1) is 11.3 Å². The van der Waals surface area contributed by atoms with Crippen LogP contribution in [-0.2, 0) is 11.2 Å². The van der Waals surface area contributed by atoms with Gasteiger partial charge in [0.25, 0.3) is 5.91 Å². The quantitative estimate of drug-likeness (QED) is 0.678. The minimum Gasteiger partial charge on any atom is -0.481 e. The Balaban J connectivity index is 1.61. The lowest BCUT2D eigenvalue weighted by atomic mass is 10.1. The number of aromatic nitrogens is 1. The third-order valence-electron chi connectivity index (χ3n) is 4.06. The number of hydrogen-bond donors (Lipinski definition) is 1. The molecule has 2 aromatic carbocycles. The first-order chi connectivity index (χ1) is 13.1. The summed E-state index contributed by atoms with van der Waals surface area (Å²) in [5, 5.41) is 14.1. The highest BCUT2D eigenvalue weighted by Crippen LogP contribution is 2.25. The molecule has 5 nitrogen and oxygen atoms in total. The molecule has 3 rings (SSSR count). The van der Waals surface area contributed by atoms with Crippen molar-refractivity contribution in [3.63, 3.8) is 0 Å². The van der Waals surface area contributed by atoms with Gasteiger partial charge in [0.2, 0.25) is 0 Å². The van der Waals surface area contributed by atoms with Gasteiger partial charge in [0.05, 0.1) is 17.3 Å². The number of nitrogens with one attached hydrogen (secondary N) is 1. The molecule has 1 N–H and O–H groups in total. The maximum Gasteiger partial charge on any atom is 0.266 e. The molecule has 0 aliphatic carbocycles. The van der Waals surface area contributed by atoms with Crippen molar-refractivity contribution in [2.24, 2.45) is 0 Å². The Hall–Kier alpha value is -3.17. The second kappa shape index (κ2) is 8.47. The zero-order chi connectivity index (χ0) is 19.2. The lowest BCUT2D eigenvalue weighted by Crippen LogP contribution is -2.30. The predicted molar refractivity (Wildman–Crippen MR) is 107 cm³/mol. The van der Waals surface area contributed by atoms with E-state index in [-0.39, 0.29) is 5.91 Å². The third kappa shape index (κ3) is 4.72. The standard InChI is InChI=1S/C21H19N3O2S/c1-3-15-4-8-17(9-5-15)19-13-27-21(23-19)24-20(25)14(2)26-18-10-6-16(12-22)7-11-18/h4-11,13-14H,3H2,1-2H3,(H,23,24,25). The zero-order valence-electron chi connectivity index (χ0n) is 15.1. The molecule has 6 heteroatoms. The minimum atomic E-state index is -0.686. The molecule has 1 unspecified atom stereocenters. The molecule has 1 heterocycles. The van der Waals surface area contributed by atoms with Crippen LogP contribution >= 0.6 is 11.3 Å². The molecule has 0 aliphatic rings. The van der Waals surface area contributed by atoms with E-state index in [9.17, 15) is 4.79 Å². The van der Waals surface area contributed by atoms with Crippen LogP contribution < -0.4 is 10.1 Å². The largest absolute Gasteiger partial charge is 0.481 e. The molecule has 0 fully saturated rings. The minimum absolute atomic E-state index is 0.276. The number of aryl methyl sites for hydroxylation is 1. The first kappa shape index (κ1) is 18.6. The van der Waals surface area contributed by atoms with Crippen LogP contribution in [0.25, 0.3) is 11.3 Å². The third-order valence-corrected chi connectivity index (χ3v) is 4.82. The number of nitrogens with zero attached hydrogens (tertiary/aromatic N) is 2. The Labute approximate surface area is 162 Å². The number of ether oxygens (including phenoxy) is 1. The lowest BCUT2D eigenvalue weighted by Gasteiger charge is -2.13. The summed E-state index contributed by atoms with van der Waals surface area (Å²) in [5.41, 5.74) is 3.67. The van der Waals surface area contributed by atoms with Gasteiger partial charge in [0, 0.05) is 10.9 Å². The van der Waals surface area contributed by atoms with Crippen molar-refractivity contribution in [2.75, 3.05) is 5.32 Å². The second-order valence-corrected chi connectivity index (χ2v) is 6.83. The maximum atomic E-state index is 12.3. The molecule has 1 aromatic heterocycles. The zero-order valence-corrected chi connectivity index (χ0v) is 15.9. The van der Waals surface area contributed by atoms with Gasteiger partial charge >= 0.3 is 0 Å². The van der Waals surface area contributed by atoms with E-state index in [1.807, 2.05) is 23.6 Å². The van der Waals surface area contributed by atoms with Crippen LogP contribution in [0.3, 0.4) is 0 Å². The molecule has 0 saturated carbocycles. The Morgan fingerprint density at radius 3 is 2.56 bits per heavy atom. The normalized spacial score (nSPS) is 11.4. The summed E-state index contributed by atoms with van der Waals surface area (Å²) in [6.45, 7) is 3.79. The van der Waals surface area contributed by atoms with Gasteiger partial charge < -0.3 is 4.74 Å². The van der Waals surface area contributed by atoms with Gasteiger partial charge in [-0.1, -0.05) is 31.2 Å². The Morgan fingerprint density at radius 1 is 1.22 bits per heavy atom. The maximum absolute atomic E-state index is 12.3. The molecule has 3 aromatic rings. The fraction of sp³-hybridized carbons (Fsp3) is 0.190. The van der Waals surface area contributed by atoms with Crippen molar-refractivity contribution in [1.29, 1.82) is 5.26 Å². The van der Waals surface area contributed by atoms with Gasteiger partial charge in [-0.3, -0.25) is 10.1 Å². The van der Waals surface area contributed by atoms with Crippen molar-refractivity contribution in [2.45, 2.75) is 26.4 Å². The van der Waals surface area contributed by atoms with Gasteiger partial charge in [-0.25, -0.2) is 4.98 Å². The monoisotopic (exact) mass is 377 g/mol. The highest BCUT2D eigenvalue weighted by atomic mass is 32.1. The number of carbonyl (C=O) groups excluding carboxylic acids is 1. The van der Waals surface area contributed by atoms with E-state index in [1.165, 1.54) is 16.9 Å². The molecule has 136 valence electrons. The first-order valence-electron chi connectivity index (χ1n) is 8.61. The Bertz CT molecular complexity index is 956. The molecule has 0 radical (unpaired) electrons. The van der Waals surface area contributed by atoms with E-state index in [1.54, 1.807) is 31.2 Å². The summed E-state index contributed by atoms with van der Waals surface area (Å²) in [7, 11) is 0. The van der Waals surface area contributed by atoms with Crippen LogP contribution in [0.2, 0.25) is 0 Å². The fourth-order valence-electron chi connectivity index (χ4n) is 2.45. The SMILES string of the molecule is CCc1ccc(-c2csc(NC(=O)C(C)Oc3ccc(C#N)cc3)n2)cc1. The van der Waals surface area contributed by atoms with Crippen LogP contribution in [0.15, 0.2) is 53.9 Å². The molecule has 1 atom stereocenters. The smallest absolute Gasteiger partial charge is 0.266 e. The predicted octanol–water partition coefficient (Wildman–Crippen LogP) is 4.65. The number of hydrogen-bond acceptors (Lipinski definition) is 5. The average molecular weight is 377 g/mol. The number of amides is 1. The van der Waals surface area contributed by atoms with E-state index < -0.39 is 6.10 Å². The summed E-state index contributed by atoms with van der Waals surface area (Å²) < 4.78 is 5.62. The van der Waals surface area contributed by atoms with Gasteiger partial charge in [0.15, 0.2) is 11.2 Å². The van der Waals surface area contributed by atoms with E-state index in [4.69, 9.17) is 10.00 Å². The number of thiazole rings is 1. The van der Waals surface area contributed by atoms with Crippen molar-refractivity contribution in [1.82, 2.24) is 4.98 Å².